The lowest BCUT2D eigenvalue weighted by Gasteiger charge is -2.32. The van der Waals surface area contributed by atoms with Gasteiger partial charge in [-0.05, 0) is 38.2 Å². The normalized spacial score (nSPS) is 16.5. The summed E-state index contributed by atoms with van der Waals surface area (Å²) in [6.45, 7) is 6.11. The van der Waals surface area contributed by atoms with Gasteiger partial charge in [-0.2, -0.15) is 0 Å². The molecule has 138 valence electrons. The first-order chi connectivity index (χ1) is 11.9. The zero-order valence-electron chi connectivity index (χ0n) is 14.9. The van der Waals surface area contributed by atoms with Gasteiger partial charge in [0.15, 0.2) is 0 Å². The largest absolute Gasteiger partial charge is 0.481 e. The van der Waals surface area contributed by atoms with E-state index in [1.165, 1.54) is 10.6 Å². The number of rotatable bonds is 7. The van der Waals surface area contributed by atoms with Gasteiger partial charge < -0.3 is 19.9 Å². The van der Waals surface area contributed by atoms with Crippen LogP contribution in [0.25, 0.3) is 0 Å². The molecule has 1 amide bonds. The van der Waals surface area contributed by atoms with Crippen molar-refractivity contribution < 1.29 is 14.7 Å². The van der Waals surface area contributed by atoms with E-state index in [4.69, 9.17) is 5.11 Å². The van der Waals surface area contributed by atoms with E-state index >= 15 is 0 Å². The van der Waals surface area contributed by atoms with Crippen LogP contribution in [0, 0.1) is 5.92 Å². The molecule has 2 rings (SSSR count). The second-order valence-electron chi connectivity index (χ2n) is 6.77. The molecule has 0 radical (unpaired) electrons. The van der Waals surface area contributed by atoms with Crippen LogP contribution >= 0.6 is 0 Å². The molecule has 1 fully saturated rings. The highest BCUT2D eigenvalue weighted by atomic mass is 16.4. The molecule has 1 aromatic rings. The molecule has 1 aliphatic rings. The zero-order valence-corrected chi connectivity index (χ0v) is 14.9. The number of amides is 1. The molecule has 2 N–H and O–H groups in total. The summed E-state index contributed by atoms with van der Waals surface area (Å²) in [5, 5.41) is 11.3. The molecule has 1 unspecified atom stereocenters. The second kappa shape index (κ2) is 8.69. The highest BCUT2D eigenvalue weighted by Gasteiger charge is 2.19. The molecule has 7 nitrogen and oxygen atoms in total. The van der Waals surface area contributed by atoms with Gasteiger partial charge in [-0.25, -0.2) is 0 Å². The Hall–Kier alpha value is -2.31. The molecular formula is C18H27N3O4. The van der Waals surface area contributed by atoms with Crippen molar-refractivity contribution >= 4 is 17.6 Å². The van der Waals surface area contributed by atoms with Crippen LogP contribution in [0.3, 0.4) is 0 Å². The molecule has 2 heterocycles. The molecule has 0 saturated carbocycles. The van der Waals surface area contributed by atoms with Gasteiger partial charge in [0.05, 0.1) is 5.69 Å². The fourth-order valence-electron chi connectivity index (χ4n) is 2.97. The van der Waals surface area contributed by atoms with Crippen LogP contribution in [0.2, 0.25) is 0 Å². The van der Waals surface area contributed by atoms with E-state index in [2.05, 4.69) is 17.1 Å². The lowest BCUT2D eigenvalue weighted by molar-refractivity contribution is -0.137. The van der Waals surface area contributed by atoms with Crippen molar-refractivity contribution in [3.05, 3.63) is 28.7 Å². The van der Waals surface area contributed by atoms with Crippen LogP contribution in [0.1, 0.15) is 45.6 Å². The number of aliphatic carboxylic acids is 1. The molecule has 1 saturated heterocycles. The van der Waals surface area contributed by atoms with Gasteiger partial charge in [-0.15, -0.1) is 0 Å². The average molecular weight is 349 g/mol. The fourth-order valence-corrected chi connectivity index (χ4v) is 2.97. The van der Waals surface area contributed by atoms with Crippen molar-refractivity contribution in [3.63, 3.8) is 0 Å². The highest BCUT2D eigenvalue weighted by Crippen LogP contribution is 2.22. The second-order valence-corrected chi connectivity index (χ2v) is 6.77. The van der Waals surface area contributed by atoms with Gasteiger partial charge in [0.25, 0.3) is 5.56 Å². The van der Waals surface area contributed by atoms with Crippen LogP contribution in [0.15, 0.2) is 23.1 Å². The van der Waals surface area contributed by atoms with Crippen molar-refractivity contribution in [1.29, 1.82) is 0 Å². The first-order valence-electron chi connectivity index (χ1n) is 8.85. The summed E-state index contributed by atoms with van der Waals surface area (Å²) in [6.07, 6.45) is 4.38. The summed E-state index contributed by atoms with van der Waals surface area (Å²) in [5.41, 5.74) is 0.736. The summed E-state index contributed by atoms with van der Waals surface area (Å²) in [6, 6.07) is 2.68. The van der Waals surface area contributed by atoms with Crippen molar-refractivity contribution in [2.45, 2.75) is 45.6 Å². The first kappa shape index (κ1) is 19.0. The lowest BCUT2D eigenvalue weighted by atomic mass is 9.99. The smallest absolute Gasteiger partial charge is 0.303 e. The summed E-state index contributed by atoms with van der Waals surface area (Å²) >= 11 is 0. The van der Waals surface area contributed by atoms with Crippen LogP contribution in [-0.4, -0.2) is 41.2 Å². The Morgan fingerprint density at radius 2 is 2.00 bits per heavy atom. The number of nitrogens with one attached hydrogen (secondary N) is 1. The molecular weight excluding hydrogens is 322 g/mol. The van der Waals surface area contributed by atoms with Crippen LogP contribution in [0.5, 0.6) is 0 Å². The minimum atomic E-state index is -0.887. The van der Waals surface area contributed by atoms with Gasteiger partial charge in [-0.3, -0.25) is 14.4 Å². The van der Waals surface area contributed by atoms with Crippen molar-refractivity contribution in [3.8, 4) is 0 Å². The minimum absolute atomic E-state index is 0.0114. The molecule has 0 aromatic carbocycles. The summed E-state index contributed by atoms with van der Waals surface area (Å²) in [4.78, 5) is 37.1. The van der Waals surface area contributed by atoms with Gasteiger partial charge >= 0.3 is 5.97 Å². The molecule has 1 atom stereocenters. The van der Waals surface area contributed by atoms with Gasteiger partial charge in [0.2, 0.25) is 5.91 Å². The number of hydrogen-bond acceptors (Lipinski definition) is 4. The standard InChI is InChI=1S/C18H27N3O4/c1-13-7-10-20(11-8-13)15-5-6-16(22)21(12-15)14(2)18(25)19-9-3-4-17(23)24/h5-6,12-14H,3-4,7-11H2,1-2H3,(H,19,25)(H,23,24). The number of nitrogens with zero attached hydrogens (tertiary/aromatic N) is 2. The number of aromatic nitrogens is 1. The Kier molecular flexibility index (Phi) is 6.61. The van der Waals surface area contributed by atoms with Gasteiger partial charge in [0, 0.05) is 38.3 Å². The third kappa shape index (κ3) is 5.34. The number of carbonyl (C=O) groups excluding carboxylic acids is 1. The zero-order chi connectivity index (χ0) is 18.4. The number of pyridine rings is 1. The number of piperidine rings is 1. The fraction of sp³-hybridized carbons (Fsp3) is 0.611. The van der Waals surface area contributed by atoms with E-state index in [9.17, 15) is 14.4 Å². The van der Waals surface area contributed by atoms with Gasteiger partial charge in [0.1, 0.15) is 6.04 Å². The van der Waals surface area contributed by atoms with Crippen molar-refractivity contribution in [2.24, 2.45) is 5.92 Å². The Labute approximate surface area is 147 Å². The number of carboxylic acid groups (broad SMARTS) is 1. The van der Waals surface area contributed by atoms with Crippen molar-refractivity contribution in [2.75, 3.05) is 24.5 Å². The number of anilines is 1. The Balaban J connectivity index is 2.02. The van der Waals surface area contributed by atoms with E-state index in [-0.39, 0.29) is 24.4 Å². The molecule has 1 aromatic heterocycles. The molecule has 7 heteroatoms. The number of carbonyl (C=O) groups is 2. The van der Waals surface area contributed by atoms with Crippen LogP contribution in [0.4, 0.5) is 5.69 Å². The van der Waals surface area contributed by atoms with E-state index in [1.807, 2.05) is 6.07 Å². The topological polar surface area (TPSA) is 91.6 Å². The molecule has 0 spiro atoms. The van der Waals surface area contributed by atoms with Crippen LogP contribution < -0.4 is 15.8 Å². The monoisotopic (exact) mass is 349 g/mol. The Morgan fingerprint density at radius 3 is 2.64 bits per heavy atom. The van der Waals surface area contributed by atoms with Gasteiger partial charge in [-0.1, -0.05) is 6.92 Å². The lowest BCUT2D eigenvalue weighted by Crippen LogP contribution is -2.37. The predicted octanol–water partition coefficient (Wildman–Crippen LogP) is 1.63. The van der Waals surface area contributed by atoms with Crippen molar-refractivity contribution in [1.82, 2.24) is 9.88 Å². The average Bonchev–Trinajstić information content (AvgIpc) is 2.59. The Morgan fingerprint density at radius 1 is 1.32 bits per heavy atom. The molecule has 25 heavy (non-hydrogen) atoms. The van der Waals surface area contributed by atoms with E-state index in [0.29, 0.717) is 6.42 Å². The SMILES string of the molecule is CC1CCN(c2ccc(=O)n(C(C)C(=O)NCCCC(=O)O)c2)CC1. The number of hydrogen-bond donors (Lipinski definition) is 2. The third-order valence-electron chi connectivity index (χ3n) is 4.73. The summed E-state index contributed by atoms with van der Waals surface area (Å²) in [7, 11) is 0. The maximum absolute atomic E-state index is 12.2. The predicted molar refractivity (Wildman–Crippen MR) is 95.9 cm³/mol. The number of carboxylic acids is 1. The van der Waals surface area contributed by atoms with E-state index in [0.717, 1.165) is 37.5 Å². The highest BCUT2D eigenvalue weighted by molar-refractivity contribution is 5.80. The van der Waals surface area contributed by atoms with Crippen LogP contribution in [-0.2, 0) is 9.59 Å². The summed E-state index contributed by atoms with van der Waals surface area (Å²) in [5.74, 6) is -0.448. The van der Waals surface area contributed by atoms with E-state index in [1.54, 1.807) is 13.1 Å². The minimum Gasteiger partial charge on any atom is -0.481 e. The molecule has 0 bridgehead atoms. The quantitative estimate of drug-likeness (QED) is 0.730. The maximum atomic E-state index is 12.2. The Bertz CT molecular complexity index is 663. The molecule has 0 aliphatic carbocycles. The molecule has 1 aliphatic heterocycles. The first-order valence-corrected chi connectivity index (χ1v) is 8.85. The van der Waals surface area contributed by atoms with E-state index < -0.39 is 12.0 Å². The summed E-state index contributed by atoms with van der Waals surface area (Å²) < 4.78 is 1.44. The third-order valence-corrected chi connectivity index (χ3v) is 4.73. The maximum Gasteiger partial charge on any atom is 0.303 e.